The number of hydrogen-bond acceptors (Lipinski definition) is 4. The fourth-order valence-electron chi connectivity index (χ4n) is 2.55. The van der Waals surface area contributed by atoms with Gasteiger partial charge in [-0.3, -0.25) is 19.1 Å². The van der Waals surface area contributed by atoms with Crippen molar-refractivity contribution in [2.45, 2.75) is 20.4 Å². The van der Waals surface area contributed by atoms with Crippen LogP contribution in [0.1, 0.15) is 27.2 Å². The number of carbonyl (C=O) groups excluding carboxylic acids is 1. The summed E-state index contributed by atoms with van der Waals surface area (Å²) in [5.41, 5.74) is 1.72. The standard InChI is InChI=1S/C19H18N4O3/c1-12-6-5-8-16(13(12)2)22-17(24)15-10-21-19(26)23(18(15)25)11-14-7-3-4-9-20-14/h3-10H,11H2,1-2H3,(H,21,26)(H,22,24). The summed E-state index contributed by atoms with van der Waals surface area (Å²) in [6.45, 7) is 3.81. The van der Waals surface area contributed by atoms with Gasteiger partial charge in [-0.2, -0.15) is 0 Å². The third-order valence-corrected chi connectivity index (χ3v) is 4.20. The Morgan fingerprint density at radius 2 is 1.96 bits per heavy atom. The average molecular weight is 350 g/mol. The molecule has 0 atom stereocenters. The molecule has 2 aromatic heterocycles. The maximum atomic E-state index is 12.6. The Labute approximate surface area is 149 Å². The smallest absolute Gasteiger partial charge is 0.322 e. The fraction of sp³-hybridized carbons (Fsp3) is 0.158. The molecule has 132 valence electrons. The highest BCUT2D eigenvalue weighted by atomic mass is 16.2. The van der Waals surface area contributed by atoms with Crippen LogP contribution in [0.3, 0.4) is 0 Å². The lowest BCUT2D eigenvalue weighted by Crippen LogP contribution is -2.39. The second-order valence-corrected chi connectivity index (χ2v) is 5.92. The molecule has 0 radical (unpaired) electrons. The van der Waals surface area contributed by atoms with E-state index in [1.807, 2.05) is 26.0 Å². The van der Waals surface area contributed by atoms with Gasteiger partial charge in [0.05, 0.1) is 12.2 Å². The summed E-state index contributed by atoms with van der Waals surface area (Å²) in [6, 6.07) is 10.7. The Bertz CT molecular complexity index is 1070. The molecule has 0 fully saturated rings. The number of hydrogen-bond donors (Lipinski definition) is 2. The van der Waals surface area contributed by atoms with Gasteiger partial charge in [0.2, 0.25) is 0 Å². The molecule has 0 saturated carbocycles. The zero-order valence-electron chi connectivity index (χ0n) is 14.4. The highest BCUT2D eigenvalue weighted by molar-refractivity contribution is 6.04. The van der Waals surface area contributed by atoms with Crippen molar-refractivity contribution in [2.75, 3.05) is 5.32 Å². The van der Waals surface area contributed by atoms with Gasteiger partial charge in [0, 0.05) is 18.1 Å². The van der Waals surface area contributed by atoms with E-state index in [0.717, 1.165) is 21.9 Å². The molecule has 7 heteroatoms. The number of carbonyl (C=O) groups is 1. The summed E-state index contributed by atoms with van der Waals surface area (Å²) in [7, 11) is 0. The Morgan fingerprint density at radius 1 is 1.15 bits per heavy atom. The quantitative estimate of drug-likeness (QED) is 0.750. The molecule has 0 spiro atoms. The van der Waals surface area contributed by atoms with Gasteiger partial charge >= 0.3 is 5.69 Å². The molecule has 0 aliphatic rings. The lowest BCUT2D eigenvalue weighted by molar-refractivity contribution is 0.102. The predicted octanol–water partition coefficient (Wildman–Crippen LogP) is 1.85. The van der Waals surface area contributed by atoms with Crippen molar-refractivity contribution in [3.8, 4) is 0 Å². The first-order valence-corrected chi connectivity index (χ1v) is 8.07. The third kappa shape index (κ3) is 3.46. The van der Waals surface area contributed by atoms with Gasteiger partial charge in [0.1, 0.15) is 5.56 Å². The number of amides is 1. The van der Waals surface area contributed by atoms with Crippen molar-refractivity contribution in [3.05, 3.63) is 92.0 Å². The minimum absolute atomic E-state index is 0.0143. The summed E-state index contributed by atoms with van der Waals surface area (Å²) < 4.78 is 0.959. The van der Waals surface area contributed by atoms with Crippen LogP contribution in [0, 0.1) is 13.8 Å². The highest BCUT2D eigenvalue weighted by Crippen LogP contribution is 2.18. The molecular weight excluding hydrogens is 332 g/mol. The molecule has 0 aliphatic heterocycles. The molecule has 0 saturated heterocycles. The van der Waals surface area contributed by atoms with E-state index in [9.17, 15) is 14.4 Å². The molecule has 0 aliphatic carbocycles. The fourth-order valence-corrected chi connectivity index (χ4v) is 2.55. The van der Waals surface area contributed by atoms with Gasteiger partial charge in [-0.1, -0.05) is 18.2 Å². The molecule has 2 N–H and O–H groups in total. The number of benzene rings is 1. The lowest BCUT2D eigenvalue weighted by atomic mass is 10.1. The first kappa shape index (κ1) is 17.3. The highest BCUT2D eigenvalue weighted by Gasteiger charge is 2.16. The van der Waals surface area contributed by atoms with Crippen molar-refractivity contribution in [1.29, 1.82) is 0 Å². The van der Waals surface area contributed by atoms with Crippen LogP contribution in [-0.2, 0) is 6.54 Å². The van der Waals surface area contributed by atoms with Gasteiger partial charge in [0.25, 0.3) is 11.5 Å². The van der Waals surface area contributed by atoms with E-state index in [0.29, 0.717) is 11.4 Å². The second kappa shape index (κ2) is 7.18. The molecule has 2 heterocycles. The summed E-state index contributed by atoms with van der Waals surface area (Å²) >= 11 is 0. The monoisotopic (exact) mass is 350 g/mol. The number of nitrogens with zero attached hydrogens (tertiary/aromatic N) is 2. The van der Waals surface area contributed by atoms with Gasteiger partial charge in [-0.15, -0.1) is 0 Å². The number of anilines is 1. The van der Waals surface area contributed by atoms with E-state index < -0.39 is 17.2 Å². The van der Waals surface area contributed by atoms with Gasteiger partial charge in [-0.25, -0.2) is 4.79 Å². The largest absolute Gasteiger partial charge is 0.328 e. The van der Waals surface area contributed by atoms with E-state index in [1.54, 1.807) is 30.5 Å². The van der Waals surface area contributed by atoms with E-state index >= 15 is 0 Å². The molecule has 0 unspecified atom stereocenters. The second-order valence-electron chi connectivity index (χ2n) is 5.92. The first-order chi connectivity index (χ1) is 12.5. The van der Waals surface area contributed by atoms with Crippen molar-refractivity contribution in [1.82, 2.24) is 14.5 Å². The van der Waals surface area contributed by atoms with Crippen molar-refractivity contribution < 1.29 is 4.79 Å². The van der Waals surface area contributed by atoms with Crippen LogP contribution in [-0.4, -0.2) is 20.4 Å². The van der Waals surface area contributed by atoms with Crippen LogP contribution in [0.15, 0.2) is 58.4 Å². The first-order valence-electron chi connectivity index (χ1n) is 8.07. The van der Waals surface area contributed by atoms with Crippen LogP contribution in [0.2, 0.25) is 0 Å². The Kier molecular flexibility index (Phi) is 4.79. The van der Waals surface area contributed by atoms with E-state index in [-0.39, 0.29) is 12.1 Å². The molecule has 26 heavy (non-hydrogen) atoms. The summed E-state index contributed by atoms with van der Waals surface area (Å²) in [4.78, 5) is 43.8. The topological polar surface area (TPSA) is 96.8 Å². The Balaban J connectivity index is 1.94. The predicted molar refractivity (Wildman–Crippen MR) is 98.5 cm³/mol. The van der Waals surface area contributed by atoms with E-state index in [1.165, 1.54) is 0 Å². The van der Waals surface area contributed by atoms with Crippen LogP contribution < -0.4 is 16.6 Å². The van der Waals surface area contributed by atoms with Gasteiger partial charge in [-0.05, 0) is 43.2 Å². The maximum absolute atomic E-state index is 12.6. The Morgan fingerprint density at radius 3 is 2.69 bits per heavy atom. The number of aromatic amines is 1. The van der Waals surface area contributed by atoms with Gasteiger partial charge in [0.15, 0.2) is 0 Å². The minimum atomic E-state index is -0.665. The van der Waals surface area contributed by atoms with E-state index in [4.69, 9.17) is 0 Å². The summed E-state index contributed by atoms with van der Waals surface area (Å²) in [6.07, 6.45) is 2.71. The zero-order chi connectivity index (χ0) is 18.7. The summed E-state index contributed by atoms with van der Waals surface area (Å²) in [5, 5.41) is 2.73. The molecule has 0 bridgehead atoms. The molecule has 3 aromatic rings. The maximum Gasteiger partial charge on any atom is 0.328 e. The van der Waals surface area contributed by atoms with Crippen LogP contribution in [0.4, 0.5) is 5.69 Å². The SMILES string of the molecule is Cc1cccc(NC(=O)c2c[nH]c(=O)n(Cc3ccccn3)c2=O)c1C. The Hall–Kier alpha value is -3.48. The number of pyridine rings is 1. The number of rotatable bonds is 4. The normalized spacial score (nSPS) is 10.5. The minimum Gasteiger partial charge on any atom is -0.322 e. The van der Waals surface area contributed by atoms with Crippen molar-refractivity contribution in [2.24, 2.45) is 0 Å². The van der Waals surface area contributed by atoms with Crippen LogP contribution in [0.25, 0.3) is 0 Å². The van der Waals surface area contributed by atoms with Crippen LogP contribution in [0.5, 0.6) is 0 Å². The third-order valence-electron chi connectivity index (χ3n) is 4.20. The van der Waals surface area contributed by atoms with Gasteiger partial charge < -0.3 is 10.3 Å². The molecule has 3 rings (SSSR count). The lowest BCUT2D eigenvalue weighted by Gasteiger charge is -2.11. The number of H-pyrrole nitrogens is 1. The number of nitrogens with one attached hydrogen (secondary N) is 2. The van der Waals surface area contributed by atoms with Crippen LogP contribution >= 0.6 is 0 Å². The zero-order valence-corrected chi connectivity index (χ0v) is 14.4. The summed E-state index contributed by atoms with van der Waals surface area (Å²) in [5.74, 6) is -0.574. The van der Waals surface area contributed by atoms with E-state index in [2.05, 4.69) is 15.3 Å². The molecular formula is C19H18N4O3. The molecule has 1 amide bonds. The molecule has 7 nitrogen and oxygen atoms in total. The van der Waals surface area contributed by atoms with Crippen molar-refractivity contribution >= 4 is 11.6 Å². The number of aromatic nitrogens is 3. The van der Waals surface area contributed by atoms with Crippen molar-refractivity contribution in [3.63, 3.8) is 0 Å². The number of aryl methyl sites for hydroxylation is 1. The average Bonchev–Trinajstić information content (AvgIpc) is 2.63. The molecule has 1 aromatic carbocycles.